The van der Waals surface area contributed by atoms with Crippen LogP contribution in [-0.4, -0.2) is 28.6 Å². The Kier molecular flexibility index (Phi) is 3.88. The summed E-state index contributed by atoms with van der Waals surface area (Å²) >= 11 is 3.19. The summed E-state index contributed by atoms with van der Waals surface area (Å²) in [5.74, 6) is 5.58. The summed E-state index contributed by atoms with van der Waals surface area (Å²) in [5, 5.41) is 0.577. The molecule has 4 heteroatoms. The Morgan fingerprint density at radius 1 is 1.12 bits per heavy atom. The van der Waals surface area contributed by atoms with Gasteiger partial charge in [0.2, 0.25) is 11.8 Å². The first-order valence-corrected chi connectivity index (χ1v) is 7.14. The number of rotatable bonds is 1. The average Bonchev–Trinajstić information content (AvgIpc) is 2.70. The molecule has 17 heavy (non-hydrogen) atoms. The second-order valence-electron chi connectivity index (χ2n) is 4.92. The molecule has 1 aliphatic carbocycles. The number of alkyl halides is 1. The predicted molar refractivity (Wildman–Crippen MR) is 68.4 cm³/mol. The van der Waals surface area contributed by atoms with Crippen LogP contribution in [0.1, 0.15) is 38.5 Å². The van der Waals surface area contributed by atoms with Crippen molar-refractivity contribution < 1.29 is 9.59 Å². The summed E-state index contributed by atoms with van der Waals surface area (Å²) in [6.45, 7) is 0.249. The highest BCUT2D eigenvalue weighted by molar-refractivity contribution is 9.09. The third-order valence-electron chi connectivity index (χ3n) is 3.75. The number of imide groups is 1. The third kappa shape index (κ3) is 2.71. The number of carbonyl (C=O) groups is 2. The maximum atomic E-state index is 12.0. The monoisotopic (exact) mass is 297 g/mol. The molecule has 0 aromatic rings. The van der Waals surface area contributed by atoms with Crippen LogP contribution in [0, 0.1) is 17.3 Å². The van der Waals surface area contributed by atoms with Crippen molar-refractivity contribution in [3.63, 3.8) is 0 Å². The summed E-state index contributed by atoms with van der Waals surface area (Å²) in [6.07, 6.45) is 5.45. The fraction of sp³-hybridized carbons (Fsp3) is 0.692. The average molecular weight is 298 g/mol. The zero-order valence-corrected chi connectivity index (χ0v) is 11.4. The van der Waals surface area contributed by atoms with E-state index in [9.17, 15) is 9.59 Å². The van der Waals surface area contributed by atoms with Crippen molar-refractivity contribution in [3.05, 3.63) is 0 Å². The van der Waals surface area contributed by atoms with Gasteiger partial charge in [0.15, 0.2) is 0 Å². The van der Waals surface area contributed by atoms with E-state index in [4.69, 9.17) is 0 Å². The number of carbonyl (C=O) groups excluding carboxylic acids is 2. The fourth-order valence-corrected chi connectivity index (χ4v) is 3.07. The lowest BCUT2D eigenvalue weighted by atomic mass is 9.76. The third-order valence-corrected chi connectivity index (χ3v) is 4.03. The Labute approximate surface area is 110 Å². The van der Waals surface area contributed by atoms with E-state index in [-0.39, 0.29) is 23.8 Å². The molecule has 0 N–H and O–H groups in total. The largest absolute Gasteiger partial charge is 0.274 e. The van der Waals surface area contributed by atoms with Crippen LogP contribution in [0.2, 0.25) is 0 Å². The molecule has 1 aliphatic heterocycles. The first kappa shape index (κ1) is 12.6. The van der Waals surface area contributed by atoms with E-state index in [1.807, 2.05) is 0 Å². The van der Waals surface area contributed by atoms with Crippen LogP contribution in [-0.2, 0) is 9.59 Å². The molecule has 1 spiro atoms. The second-order valence-corrected chi connectivity index (χ2v) is 5.48. The minimum Gasteiger partial charge on any atom is -0.274 e. The zero-order chi connectivity index (χ0) is 12.3. The highest BCUT2D eigenvalue weighted by Gasteiger charge is 2.44. The minimum atomic E-state index is -0.0352. The molecule has 1 saturated carbocycles. The topological polar surface area (TPSA) is 37.4 Å². The fourth-order valence-electron chi connectivity index (χ4n) is 2.87. The van der Waals surface area contributed by atoms with Crippen LogP contribution in [0.3, 0.4) is 0 Å². The molecule has 1 saturated heterocycles. The number of amides is 2. The lowest BCUT2D eigenvalue weighted by Gasteiger charge is -2.36. The Hall–Kier alpha value is -0.820. The molecule has 2 amide bonds. The highest BCUT2D eigenvalue weighted by Crippen LogP contribution is 2.46. The van der Waals surface area contributed by atoms with Gasteiger partial charge in [-0.2, -0.15) is 0 Å². The quantitative estimate of drug-likeness (QED) is 0.422. The maximum absolute atomic E-state index is 12.0. The van der Waals surface area contributed by atoms with Gasteiger partial charge in [0, 0.05) is 12.8 Å². The summed E-state index contributed by atoms with van der Waals surface area (Å²) in [5.41, 5.74) is -0.00643. The van der Waals surface area contributed by atoms with Crippen LogP contribution in [0.5, 0.6) is 0 Å². The van der Waals surface area contributed by atoms with Crippen molar-refractivity contribution in [1.82, 2.24) is 4.90 Å². The molecule has 0 radical (unpaired) electrons. The lowest BCUT2D eigenvalue weighted by Crippen LogP contribution is -2.47. The standard InChI is InChI=1S/C13H16BrNO2/c14-7-3-4-8-15-11(16)9-13(10-12(15)17)5-1-2-6-13/h1-2,5-10H2. The summed E-state index contributed by atoms with van der Waals surface area (Å²) < 4.78 is 0. The molecule has 0 atom stereocenters. The Morgan fingerprint density at radius 2 is 1.71 bits per heavy atom. The normalized spacial score (nSPS) is 22.8. The summed E-state index contributed by atoms with van der Waals surface area (Å²) in [6, 6.07) is 0. The Bertz CT molecular complexity index is 368. The molecule has 2 fully saturated rings. The van der Waals surface area contributed by atoms with Crippen LogP contribution >= 0.6 is 15.9 Å². The van der Waals surface area contributed by atoms with Gasteiger partial charge in [0.25, 0.3) is 0 Å². The van der Waals surface area contributed by atoms with E-state index >= 15 is 0 Å². The van der Waals surface area contributed by atoms with Crippen molar-refractivity contribution in [2.45, 2.75) is 38.5 Å². The zero-order valence-electron chi connectivity index (χ0n) is 9.80. The molecular weight excluding hydrogens is 282 g/mol. The number of hydrogen-bond donors (Lipinski definition) is 0. The van der Waals surface area contributed by atoms with Crippen LogP contribution in [0.4, 0.5) is 0 Å². The predicted octanol–water partition coefficient (Wildman–Crippen LogP) is 2.09. The number of halogens is 1. The maximum Gasteiger partial charge on any atom is 0.230 e. The second kappa shape index (κ2) is 5.22. The molecule has 0 unspecified atom stereocenters. The van der Waals surface area contributed by atoms with Crippen molar-refractivity contribution in [2.24, 2.45) is 5.41 Å². The van der Waals surface area contributed by atoms with Crippen LogP contribution < -0.4 is 0 Å². The number of likely N-dealkylation sites (tertiary alicyclic amines) is 1. The van der Waals surface area contributed by atoms with Crippen LogP contribution in [0.15, 0.2) is 0 Å². The van der Waals surface area contributed by atoms with Gasteiger partial charge >= 0.3 is 0 Å². The van der Waals surface area contributed by atoms with Gasteiger partial charge in [-0.15, -0.1) is 0 Å². The van der Waals surface area contributed by atoms with E-state index in [0.717, 1.165) is 25.7 Å². The van der Waals surface area contributed by atoms with E-state index in [0.29, 0.717) is 18.2 Å². The number of piperidine rings is 1. The highest BCUT2D eigenvalue weighted by atomic mass is 79.9. The van der Waals surface area contributed by atoms with Crippen molar-refractivity contribution >= 4 is 27.7 Å². The first-order chi connectivity index (χ1) is 8.17. The van der Waals surface area contributed by atoms with Crippen molar-refractivity contribution in [1.29, 1.82) is 0 Å². The summed E-state index contributed by atoms with van der Waals surface area (Å²) in [7, 11) is 0. The van der Waals surface area contributed by atoms with E-state index in [1.54, 1.807) is 0 Å². The lowest BCUT2D eigenvalue weighted by molar-refractivity contribution is -0.152. The number of nitrogens with zero attached hydrogens (tertiary/aromatic N) is 1. The van der Waals surface area contributed by atoms with Crippen LogP contribution in [0.25, 0.3) is 0 Å². The van der Waals surface area contributed by atoms with Crippen molar-refractivity contribution in [3.8, 4) is 11.8 Å². The van der Waals surface area contributed by atoms with Gasteiger partial charge in [-0.05, 0) is 18.3 Å². The van der Waals surface area contributed by atoms with Gasteiger partial charge < -0.3 is 0 Å². The SMILES string of the molecule is O=C1CC2(CCCC2)CC(=O)N1CC#CCBr. The molecule has 0 aromatic carbocycles. The van der Waals surface area contributed by atoms with E-state index in [2.05, 4.69) is 27.8 Å². The molecule has 0 aromatic heterocycles. The van der Waals surface area contributed by atoms with Gasteiger partial charge in [-0.1, -0.05) is 40.6 Å². The first-order valence-electron chi connectivity index (χ1n) is 6.02. The molecule has 3 nitrogen and oxygen atoms in total. The van der Waals surface area contributed by atoms with Gasteiger partial charge in [0.05, 0.1) is 11.9 Å². The molecule has 1 heterocycles. The van der Waals surface area contributed by atoms with E-state index in [1.165, 1.54) is 4.90 Å². The summed E-state index contributed by atoms with van der Waals surface area (Å²) in [4.78, 5) is 25.3. The Balaban J connectivity index is 2.03. The molecule has 0 bridgehead atoms. The molecule has 92 valence electrons. The minimum absolute atomic E-state index is 0.00643. The van der Waals surface area contributed by atoms with Gasteiger partial charge in [-0.25, -0.2) is 0 Å². The molecule has 2 aliphatic rings. The number of hydrogen-bond acceptors (Lipinski definition) is 2. The smallest absolute Gasteiger partial charge is 0.230 e. The van der Waals surface area contributed by atoms with Gasteiger partial charge in [0.1, 0.15) is 0 Å². The van der Waals surface area contributed by atoms with E-state index < -0.39 is 0 Å². The van der Waals surface area contributed by atoms with Gasteiger partial charge in [-0.3, -0.25) is 14.5 Å². The molecule has 2 rings (SSSR count). The Morgan fingerprint density at radius 3 is 2.24 bits per heavy atom. The molecular formula is C13H16BrNO2. The van der Waals surface area contributed by atoms with Crippen molar-refractivity contribution in [2.75, 3.05) is 11.9 Å².